The number of hydrogen-bond donors (Lipinski definition) is 0. The van der Waals surface area contributed by atoms with Gasteiger partial charge in [0.25, 0.3) is 0 Å². The molecule has 0 spiro atoms. The molecule has 0 aliphatic heterocycles. The molecule has 0 aromatic rings. The van der Waals surface area contributed by atoms with Crippen molar-refractivity contribution in [3.63, 3.8) is 0 Å². The first-order valence-corrected chi connectivity index (χ1v) is 4.17. The van der Waals surface area contributed by atoms with E-state index in [-0.39, 0.29) is 40.1 Å². The first-order chi connectivity index (χ1) is 4.97. The molecule has 1 unspecified atom stereocenters. The maximum absolute atomic E-state index is 2.40. The summed E-state index contributed by atoms with van der Waals surface area (Å²) in [5.74, 6) is 0.780. The van der Waals surface area contributed by atoms with Crippen LogP contribution in [0.4, 0.5) is 0 Å². The normalized spacial score (nSPS) is 25.3. The quantitative estimate of drug-likeness (QED) is 0.448. The summed E-state index contributed by atoms with van der Waals surface area (Å²) < 4.78 is 0. The molecule has 0 bridgehead atoms. The van der Waals surface area contributed by atoms with Crippen LogP contribution in [-0.2, 0) is 32.7 Å². The van der Waals surface area contributed by atoms with E-state index in [0.29, 0.717) is 0 Å². The predicted octanol–water partition coefficient (Wildman–Crippen LogP) is 3.32. The molecule has 0 heterocycles. The van der Waals surface area contributed by atoms with Gasteiger partial charge in [-0.05, 0) is 12.3 Å². The fourth-order valence-electron chi connectivity index (χ4n) is 1.81. The van der Waals surface area contributed by atoms with Crippen LogP contribution in [-0.4, -0.2) is 0 Å². The Bertz CT molecular complexity index is 179. The third-order valence-electron chi connectivity index (χ3n) is 2.39. The maximum Gasteiger partial charge on any atom is 0 e. The van der Waals surface area contributed by atoms with Crippen molar-refractivity contribution in [3.8, 4) is 0 Å². The van der Waals surface area contributed by atoms with Crippen molar-refractivity contribution in [1.82, 2.24) is 0 Å². The molecular weight excluding hydrogens is 221 g/mol. The molecule has 2 aliphatic carbocycles. The Kier molecular flexibility index (Phi) is 6.22. The Morgan fingerprint density at radius 3 is 3.00 bits per heavy atom. The third-order valence-corrected chi connectivity index (χ3v) is 2.39. The Labute approximate surface area is 101 Å². The summed E-state index contributed by atoms with van der Waals surface area (Å²) in [4.78, 5) is 0. The van der Waals surface area contributed by atoms with E-state index in [2.05, 4.69) is 24.6 Å². The molecule has 2 aliphatic rings. The Balaban J connectivity index is 0.000000605. The van der Waals surface area contributed by atoms with Crippen molar-refractivity contribution in [1.29, 1.82) is 0 Å². The van der Waals surface area contributed by atoms with E-state index < -0.39 is 0 Å². The van der Waals surface area contributed by atoms with E-state index in [1.165, 1.54) is 19.3 Å². The molecule has 0 N–H and O–H groups in total. The Morgan fingerprint density at radius 2 is 2.25 bits per heavy atom. The molecule has 0 aromatic carbocycles. The third kappa shape index (κ3) is 2.74. The van der Waals surface area contributed by atoms with Crippen molar-refractivity contribution in [2.45, 2.75) is 25.7 Å². The van der Waals surface area contributed by atoms with Crippen molar-refractivity contribution in [2.24, 2.45) is 5.92 Å². The summed E-state index contributed by atoms with van der Waals surface area (Å²) >= 11 is 0. The molecule has 1 atom stereocenters. The monoisotopic (exact) mass is 237 g/mol. The van der Waals surface area contributed by atoms with Gasteiger partial charge >= 0.3 is 0 Å². The summed E-state index contributed by atoms with van der Waals surface area (Å²) in [6, 6.07) is 0. The molecule has 0 saturated heterocycles. The summed E-state index contributed by atoms with van der Waals surface area (Å²) in [5, 5.41) is 0. The van der Waals surface area contributed by atoms with Gasteiger partial charge in [0, 0.05) is 32.7 Å². The van der Waals surface area contributed by atoms with E-state index in [1.807, 2.05) is 0 Å². The fourth-order valence-corrected chi connectivity index (χ4v) is 1.81. The van der Waals surface area contributed by atoms with E-state index in [0.717, 1.165) is 12.3 Å². The zero-order valence-corrected chi connectivity index (χ0v) is 10.6. The van der Waals surface area contributed by atoms with Crippen LogP contribution in [0, 0.1) is 19.8 Å². The van der Waals surface area contributed by atoms with Gasteiger partial charge < -0.3 is 7.43 Å². The molecule has 0 nitrogen and oxygen atoms in total. The van der Waals surface area contributed by atoms with Crippen molar-refractivity contribution in [3.05, 3.63) is 37.6 Å². The largest absolute Gasteiger partial charge is 0.358 e. The molecule has 1 fully saturated rings. The van der Waals surface area contributed by atoms with Crippen LogP contribution < -0.4 is 0 Å². The van der Waals surface area contributed by atoms with Crippen LogP contribution in [0.3, 0.4) is 0 Å². The summed E-state index contributed by atoms with van der Waals surface area (Å²) in [6.45, 7) is 0. The van der Waals surface area contributed by atoms with Gasteiger partial charge in [0.1, 0.15) is 0 Å². The summed E-state index contributed by atoms with van der Waals surface area (Å²) in [6.07, 6.45) is 14.6. The fraction of sp³-hybridized carbons (Fsp3) is 0.455. The molecule has 0 amide bonds. The van der Waals surface area contributed by atoms with E-state index in [9.17, 15) is 0 Å². The number of allylic oxidation sites excluding steroid dienone is 4. The molecular formula is C11H16Y-2. The number of fused-ring (bicyclic) bond motifs is 1. The summed E-state index contributed by atoms with van der Waals surface area (Å²) in [7, 11) is 0. The minimum atomic E-state index is 0. The molecule has 1 heteroatoms. The molecule has 65 valence electrons. The topological polar surface area (TPSA) is 0 Å². The van der Waals surface area contributed by atoms with Gasteiger partial charge in [0.15, 0.2) is 0 Å². The smallest absolute Gasteiger partial charge is 0 e. The van der Waals surface area contributed by atoms with Crippen LogP contribution in [0.2, 0.25) is 0 Å². The SMILES string of the molecule is C1=CC2CCC[CH-]C2=CC1.[CH3-].[Y]. The zero-order valence-electron chi connectivity index (χ0n) is 7.79. The second kappa shape index (κ2) is 5.99. The van der Waals surface area contributed by atoms with Gasteiger partial charge in [0.05, 0.1) is 0 Å². The number of hydrogen-bond acceptors (Lipinski definition) is 0. The first kappa shape index (κ1) is 12.5. The zero-order chi connectivity index (χ0) is 6.81. The van der Waals surface area contributed by atoms with E-state index >= 15 is 0 Å². The number of rotatable bonds is 0. The van der Waals surface area contributed by atoms with Gasteiger partial charge in [-0.2, -0.15) is 0 Å². The molecule has 2 rings (SSSR count). The Morgan fingerprint density at radius 1 is 1.42 bits per heavy atom. The van der Waals surface area contributed by atoms with Crippen LogP contribution in [0.25, 0.3) is 0 Å². The maximum atomic E-state index is 2.40. The molecule has 1 radical (unpaired) electrons. The first-order valence-electron chi connectivity index (χ1n) is 4.17. The van der Waals surface area contributed by atoms with Crippen molar-refractivity contribution < 1.29 is 32.7 Å². The van der Waals surface area contributed by atoms with Crippen LogP contribution >= 0.6 is 0 Å². The predicted molar refractivity (Wildman–Crippen MR) is 49.9 cm³/mol. The molecule has 12 heavy (non-hydrogen) atoms. The van der Waals surface area contributed by atoms with Crippen LogP contribution in [0.1, 0.15) is 25.7 Å². The second-order valence-corrected chi connectivity index (χ2v) is 3.11. The van der Waals surface area contributed by atoms with Gasteiger partial charge in [-0.25, -0.2) is 18.1 Å². The van der Waals surface area contributed by atoms with Gasteiger partial charge in [-0.15, -0.1) is 12.5 Å². The minimum Gasteiger partial charge on any atom is -0.358 e. The van der Waals surface area contributed by atoms with Gasteiger partial charge in [0.2, 0.25) is 0 Å². The van der Waals surface area contributed by atoms with Crippen LogP contribution in [0.5, 0.6) is 0 Å². The van der Waals surface area contributed by atoms with Gasteiger partial charge in [-0.1, -0.05) is 18.9 Å². The Hall–Kier alpha value is 0.454. The van der Waals surface area contributed by atoms with Gasteiger partial charge in [-0.3, -0.25) is 0 Å². The van der Waals surface area contributed by atoms with E-state index in [4.69, 9.17) is 0 Å². The van der Waals surface area contributed by atoms with E-state index in [1.54, 1.807) is 5.57 Å². The molecule has 0 aromatic heterocycles. The standard InChI is InChI=1S/C10H13.CH3.Y/c1-2-6-10-8-4-3-7-9(10)5-1;;/h1,5-6,8-9H,2-4,7H2;1H3;/q2*-1;. The average Bonchev–Trinajstić information content (AvgIpc) is 2.05. The second-order valence-electron chi connectivity index (χ2n) is 3.11. The van der Waals surface area contributed by atoms with Crippen molar-refractivity contribution in [2.75, 3.05) is 0 Å². The minimum absolute atomic E-state index is 0. The summed E-state index contributed by atoms with van der Waals surface area (Å²) in [5.41, 5.74) is 1.59. The van der Waals surface area contributed by atoms with Crippen LogP contribution in [0.15, 0.2) is 23.8 Å². The molecule has 1 saturated carbocycles. The average molecular weight is 237 g/mol. The van der Waals surface area contributed by atoms with Crippen molar-refractivity contribution >= 4 is 0 Å².